The average Bonchev–Trinajstić information content (AvgIpc) is 3.18. The van der Waals surface area contributed by atoms with Crippen LogP contribution in [0.15, 0.2) is 53.6 Å². The van der Waals surface area contributed by atoms with Crippen LogP contribution in [0, 0.1) is 0 Å². The fraction of sp³-hybridized carbons (Fsp3) is 0.273. The van der Waals surface area contributed by atoms with Crippen LogP contribution >= 0.6 is 11.6 Å². The second-order valence-electron chi connectivity index (χ2n) is 7.34. The Morgan fingerprint density at radius 2 is 1.74 bits per heavy atom. The minimum Gasteiger partial charge on any atom is -0.465 e. The molecule has 0 radical (unpaired) electrons. The molecule has 0 atom stereocenters. The topological polar surface area (TPSA) is 85.7 Å². The first-order valence-electron chi connectivity index (χ1n) is 9.87. The van der Waals surface area contributed by atoms with Crippen molar-refractivity contribution in [1.82, 2.24) is 8.87 Å². The predicted molar refractivity (Wildman–Crippen MR) is 117 cm³/mol. The summed E-state index contributed by atoms with van der Waals surface area (Å²) in [4.78, 5) is 25.4. The molecule has 1 fully saturated rings. The predicted octanol–water partition coefficient (Wildman–Crippen LogP) is 3.94. The zero-order chi connectivity index (χ0) is 22.2. The van der Waals surface area contributed by atoms with Crippen molar-refractivity contribution in [2.24, 2.45) is 0 Å². The molecule has 0 unspecified atom stereocenters. The summed E-state index contributed by atoms with van der Waals surface area (Å²) in [5, 5.41) is 0.632. The van der Waals surface area contributed by atoms with Crippen LogP contribution in [0.25, 0.3) is 10.9 Å². The van der Waals surface area contributed by atoms with E-state index < -0.39 is 21.9 Å². The lowest BCUT2D eigenvalue weighted by atomic mass is 10.2. The van der Waals surface area contributed by atoms with Crippen molar-refractivity contribution in [3.05, 3.63) is 64.8 Å². The van der Waals surface area contributed by atoms with E-state index in [4.69, 9.17) is 16.3 Å². The minimum atomic E-state index is -3.82. The molecule has 162 valence electrons. The summed E-state index contributed by atoms with van der Waals surface area (Å²) in [7, 11) is -2.55. The van der Waals surface area contributed by atoms with E-state index in [0.717, 1.165) is 19.3 Å². The van der Waals surface area contributed by atoms with Crippen LogP contribution in [0.3, 0.4) is 0 Å². The Kier molecular flexibility index (Phi) is 5.88. The van der Waals surface area contributed by atoms with Crippen LogP contribution in [0.4, 0.5) is 0 Å². The number of hydrogen-bond donors (Lipinski definition) is 0. The van der Waals surface area contributed by atoms with Gasteiger partial charge in [-0.05, 0) is 37.1 Å². The number of carbonyl (C=O) groups excluding carboxylic acids is 2. The van der Waals surface area contributed by atoms with Gasteiger partial charge in [-0.3, -0.25) is 9.36 Å². The Bertz CT molecular complexity index is 1280. The summed E-state index contributed by atoms with van der Waals surface area (Å²) >= 11 is 6.23. The molecule has 2 heterocycles. The number of methoxy groups -OCH3 is 1. The molecular weight excluding hydrogens is 440 g/mol. The maximum atomic E-state index is 13.3. The van der Waals surface area contributed by atoms with Crippen LogP contribution in [0.1, 0.15) is 40.0 Å². The van der Waals surface area contributed by atoms with Crippen molar-refractivity contribution in [1.29, 1.82) is 0 Å². The Labute approximate surface area is 185 Å². The lowest BCUT2D eigenvalue weighted by molar-refractivity contribution is 0.0603. The molecule has 0 spiro atoms. The molecule has 2 aromatic carbocycles. The zero-order valence-electron chi connectivity index (χ0n) is 16.9. The third-order valence-corrected chi connectivity index (χ3v) is 7.83. The van der Waals surface area contributed by atoms with Gasteiger partial charge in [-0.15, -0.1) is 0 Å². The van der Waals surface area contributed by atoms with Gasteiger partial charge < -0.3 is 4.74 Å². The Morgan fingerprint density at radius 1 is 1.03 bits per heavy atom. The van der Waals surface area contributed by atoms with Crippen molar-refractivity contribution in [3.63, 3.8) is 0 Å². The van der Waals surface area contributed by atoms with E-state index in [1.54, 1.807) is 24.3 Å². The summed E-state index contributed by atoms with van der Waals surface area (Å²) in [5.74, 6) is -1.04. The number of hydrogen-bond acceptors (Lipinski definition) is 5. The maximum Gasteiger partial charge on any atom is 0.340 e. The van der Waals surface area contributed by atoms with Crippen LogP contribution in [-0.4, -0.2) is 49.4 Å². The summed E-state index contributed by atoms with van der Waals surface area (Å²) < 4.78 is 33.8. The molecular formula is C22H21ClN2O5S. The number of piperidine rings is 1. The Balaban J connectivity index is 1.79. The standard InChI is InChI=1S/C22H21ClN2O5S/c1-30-22(27)17-14-25(19-8-4-3-7-16(17)19)21(26)15-9-10-18(23)20(13-15)31(28,29)24-11-5-2-6-12-24/h3-4,7-10,13-14H,2,5-6,11-12H2,1H3. The Hall–Kier alpha value is -2.68. The molecule has 3 aromatic rings. The van der Waals surface area contributed by atoms with E-state index in [1.165, 1.54) is 40.4 Å². The summed E-state index contributed by atoms with van der Waals surface area (Å²) in [5.41, 5.74) is 0.919. The minimum absolute atomic E-state index is 0.0646. The monoisotopic (exact) mass is 460 g/mol. The molecule has 1 aromatic heterocycles. The third-order valence-electron chi connectivity index (χ3n) is 5.45. The molecule has 0 saturated carbocycles. The van der Waals surface area contributed by atoms with E-state index in [0.29, 0.717) is 24.0 Å². The fourth-order valence-electron chi connectivity index (χ4n) is 3.84. The number of para-hydroxylation sites is 1. The van der Waals surface area contributed by atoms with E-state index in [2.05, 4.69) is 0 Å². The first-order valence-corrected chi connectivity index (χ1v) is 11.7. The molecule has 4 rings (SSSR count). The number of rotatable bonds is 4. The second kappa shape index (κ2) is 8.45. The maximum absolute atomic E-state index is 13.3. The summed E-state index contributed by atoms with van der Waals surface area (Å²) in [6.07, 6.45) is 3.98. The van der Waals surface area contributed by atoms with E-state index in [9.17, 15) is 18.0 Å². The lowest BCUT2D eigenvalue weighted by Crippen LogP contribution is -2.35. The van der Waals surface area contributed by atoms with Crippen molar-refractivity contribution in [3.8, 4) is 0 Å². The zero-order valence-corrected chi connectivity index (χ0v) is 18.4. The van der Waals surface area contributed by atoms with Crippen molar-refractivity contribution in [2.45, 2.75) is 24.2 Å². The number of carbonyl (C=O) groups is 2. The SMILES string of the molecule is COC(=O)c1cn(C(=O)c2ccc(Cl)c(S(=O)(=O)N3CCCCC3)c2)c2ccccc12. The number of ether oxygens (including phenoxy) is 1. The van der Waals surface area contributed by atoms with Gasteiger partial charge in [0.15, 0.2) is 0 Å². The van der Waals surface area contributed by atoms with Gasteiger partial charge in [0.05, 0.1) is 23.2 Å². The smallest absolute Gasteiger partial charge is 0.340 e. The molecule has 31 heavy (non-hydrogen) atoms. The molecule has 0 aliphatic carbocycles. The number of halogens is 1. The van der Waals surface area contributed by atoms with Crippen molar-refractivity contribution < 1.29 is 22.7 Å². The van der Waals surface area contributed by atoms with Gasteiger partial charge in [0, 0.05) is 30.2 Å². The lowest BCUT2D eigenvalue weighted by Gasteiger charge is -2.26. The van der Waals surface area contributed by atoms with E-state index in [1.807, 2.05) is 0 Å². The fourth-order valence-corrected chi connectivity index (χ4v) is 5.86. The normalized spacial score (nSPS) is 15.2. The van der Waals surface area contributed by atoms with Gasteiger partial charge in [0.2, 0.25) is 10.0 Å². The number of fused-ring (bicyclic) bond motifs is 1. The van der Waals surface area contributed by atoms with Crippen LogP contribution in [0.5, 0.6) is 0 Å². The molecule has 1 saturated heterocycles. The first kappa shape index (κ1) is 21.5. The average molecular weight is 461 g/mol. The van der Waals surface area contributed by atoms with Gasteiger partial charge in [-0.1, -0.05) is 36.2 Å². The number of nitrogens with zero attached hydrogens (tertiary/aromatic N) is 2. The number of aromatic nitrogens is 1. The number of esters is 1. The van der Waals surface area contributed by atoms with Crippen LogP contribution < -0.4 is 0 Å². The Morgan fingerprint density at radius 3 is 2.45 bits per heavy atom. The first-order chi connectivity index (χ1) is 14.8. The molecule has 0 bridgehead atoms. The largest absolute Gasteiger partial charge is 0.465 e. The van der Waals surface area contributed by atoms with Crippen LogP contribution in [0.2, 0.25) is 5.02 Å². The highest BCUT2D eigenvalue weighted by molar-refractivity contribution is 7.89. The van der Waals surface area contributed by atoms with Gasteiger partial charge in [0.1, 0.15) is 4.90 Å². The number of sulfonamides is 1. The highest BCUT2D eigenvalue weighted by Crippen LogP contribution is 2.29. The molecule has 9 heteroatoms. The van der Waals surface area contributed by atoms with Gasteiger partial charge in [0.25, 0.3) is 5.91 Å². The van der Waals surface area contributed by atoms with Crippen molar-refractivity contribution >= 4 is 44.4 Å². The highest BCUT2D eigenvalue weighted by Gasteiger charge is 2.29. The van der Waals surface area contributed by atoms with Gasteiger partial charge in [-0.25, -0.2) is 13.2 Å². The van der Waals surface area contributed by atoms with Gasteiger partial charge >= 0.3 is 5.97 Å². The second-order valence-corrected chi connectivity index (χ2v) is 9.65. The summed E-state index contributed by atoms with van der Waals surface area (Å²) in [6, 6.07) is 11.1. The summed E-state index contributed by atoms with van der Waals surface area (Å²) in [6.45, 7) is 0.864. The van der Waals surface area contributed by atoms with Gasteiger partial charge in [-0.2, -0.15) is 4.31 Å². The van der Waals surface area contributed by atoms with Crippen molar-refractivity contribution in [2.75, 3.05) is 20.2 Å². The molecule has 0 N–H and O–H groups in total. The molecule has 1 aliphatic rings. The third kappa shape index (κ3) is 3.86. The molecule has 1 aliphatic heterocycles. The molecule has 0 amide bonds. The number of benzene rings is 2. The highest BCUT2D eigenvalue weighted by atomic mass is 35.5. The van der Waals surface area contributed by atoms with E-state index in [-0.39, 0.29) is 21.0 Å². The van der Waals surface area contributed by atoms with E-state index >= 15 is 0 Å². The molecule has 7 nitrogen and oxygen atoms in total. The van der Waals surface area contributed by atoms with Crippen LogP contribution in [-0.2, 0) is 14.8 Å². The quantitative estimate of drug-likeness (QED) is 0.550.